The first-order valence-electron chi connectivity index (χ1n) is 8.67. The van der Waals surface area contributed by atoms with Crippen LogP contribution in [-0.2, 0) is 6.54 Å². The number of ketones is 1. The number of hydrogen-bond acceptors (Lipinski definition) is 5. The van der Waals surface area contributed by atoms with Gasteiger partial charge in [0.25, 0.3) is 11.2 Å². The molecular weight excluding hydrogens is 346 g/mol. The second-order valence-electron chi connectivity index (χ2n) is 6.49. The van der Waals surface area contributed by atoms with Crippen molar-refractivity contribution in [2.45, 2.75) is 32.7 Å². The fourth-order valence-electron chi connectivity index (χ4n) is 2.85. The molecule has 27 heavy (non-hydrogen) atoms. The molecule has 0 fully saturated rings. The Labute approximate surface area is 155 Å². The molecule has 2 aromatic carbocycles. The third-order valence-corrected chi connectivity index (χ3v) is 4.75. The number of fused-ring (bicyclic) bond motifs is 1. The molecular formula is C20H19N3O4. The first-order valence-corrected chi connectivity index (χ1v) is 8.67. The number of nitro benzene ring substituents is 1. The van der Waals surface area contributed by atoms with Gasteiger partial charge in [-0.15, -0.1) is 0 Å². The Morgan fingerprint density at radius 2 is 1.93 bits per heavy atom. The Morgan fingerprint density at radius 1 is 1.22 bits per heavy atom. The summed E-state index contributed by atoms with van der Waals surface area (Å²) >= 11 is 0. The molecule has 7 heteroatoms. The summed E-state index contributed by atoms with van der Waals surface area (Å²) in [6, 6.07) is 11.3. The van der Waals surface area contributed by atoms with Crippen LogP contribution in [0, 0.1) is 10.1 Å². The minimum Gasteiger partial charge on any atom is -0.292 e. The fourth-order valence-corrected chi connectivity index (χ4v) is 2.85. The van der Waals surface area contributed by atoms with E-state index in [1.54, 1.807) is 12.1 Å². The van der Waals surface area contributed by atoms with E-state index in [4.69, 9.17) is 0 Å². The lowest BCUT2D eigenvalue weighted by Gasteiger charge is -2.10. The van der Waals surface area contributed by atoms with Crippen LogP contribution in [0.4, 0.5) is 5.69 Å². The van der Waals surface area contributed by atoms with Crippen LogP contribution >= 0.6 is 0 Å². The molecule has 1 aromatic heterocycles. The van der Waals surface area contributed by atoms with Crippen molar-refractivity contribution < 1.29 is 9.72 Å². The van der Waals surface area contributed by atoms with E-state index in [1.807, 2.05) is 12.1 Å². The summed E-state index contributed by atoms with van der Waals surface area (Å²) in [6.45, 7) is 4.10. The number of carbonyl (C=O) groups is 1. The molecule has 0 saturated heterocycles. The molecule has 1 atom stereocenters. The van der Waals surface area contributed by atoms with Crippen LogP contribution in [0.1, 0.15) is 42.1 Å². The second kappa shape index (κ2) is 7.49. The largest absolute Gasteiger partial charge is 0.292 e. The molecule has 138 valence electrons. The van der Waals surface area contributed by atoms with E-state index in [2.05, 4.69) is 18.8 Å². The topological polar surface area (TPSA) is 95.1 Å². The molecule has 0 N–H and O–H groups in total. The summed E-state index contributed by atoms with van der Waals surface area (Å²) in [4.78, 5) is 39.5. The molecule has 0 spiro atoms. The Morgan fingerprint density at radius 3 is 2.56 bits per heavy atom. The number of rotatable bonds is 6. The number of hydrogen-bond donors (Lipinski definition) is 0. The van der Waals surface area contributed by atoms with Crippen LogP contribution in [0.2, 0.25) is 0 Å². The first kappa shape index (κ1) is 18.4. The van der Waals surface area contributed by atoms with Crippen molar-refractivity contribution in [3.63, 3.8) is 0 Å². The van der Waals surface area contributed by atoms with E-state index in [-0.39, 0.29) is 28.9 Å². The lowest BCUT2D eigenvalue weighted by Crippen LogP contribution is -2.24. The standard InChI is InChI=1S/C20H19N3O4/c1-3-13(2)14-4-6-15(7-5-14)19(24)11-22-12-21-18-10-16(23(26)27)8-9-17(18)20(22)25/h4-10,12-13H,3,11H2,1-2H3. The van der Waals surface area contributed by atoms with Gasteiger partial charge in [-0.2, -0.15) is 0 Å². The SMILES string of the molecule is CCC(C)c1ccc(C(=O)Cn2cnc3cc([N+](=O)[O-])ccc3c2=O)cc1. The van der Waals surface area contributed by atoms with Gasteiger partial charge in [0.2, 0.25) is 0 Å². The van der Waals surface area contributed by atoms with Gasteiger partial charge in [-0.3, -0.25) is 24.3 Å². The number of carbonyl (C=O) groups excluding carboxylic acids is 1. The van der Waals surface area contributed by atoms with Crippen LogP contribution in [0.5, 0.6) is 0 Å². The third-order valence-electron chi connectivity index (χ3n) is 4.75. The van der Waals surface area contributed by atoms with Gasteiger partial charge in [0.1, 0.15) is 0 Å². The smallest absolute Gasteiger partial charge is 0.271 e. The second-order valence-corrected chi connectivity index (χ2v) is 6.49. The molecule has 0 aliphatic heterocycles. The average molecular weight is 365 g/mol. The highest BCUT2D eigenvalue weighted by Gasteiger charge is 2.13. The number of aromatic nitrogens is 2. The zero-order valence-corrected chi connectivity index (χ0v) is 15.1. The van der Waals surface area contributed by atoms with Gasteiger partial charge in [0, 0.05) is 17.7 Å². The Bertz CT molecular complexity index is 1070. The van der Waals surface area contributed by atoms with Gasteiger partial charge in [-0.05, 0) is 24.0 Å². The van der Waals surface area contributed by atoms with Crippen LogP contribution in [0.15, 0.2) is 53.6 Å². The molecule has 1 heterocycles. The number of nitrogens with zero attached hydrogens (tertiary/aromatic N) is 3. The molecule has 0 amide bonds. The minimum absolute atomic E-state index is 0.135. The number of benzene rings is 2. The summed E-state index contributed by atoms with van der Waals surface area (Å²) in [5, 5.41) is 11.1. The number of non-ortho nitro benzene ring substituents is 1. The average Bonchev–Trinajstić information content (AvgIpc) is 2.69. The van der Waals surface area contributed by atoms with Crippen molar-refractivity contribution in [1.29, 1.82) is 0 Å². The molecule has 3 rings (SSSR count). The van der Waals surface area contributed by atoms with Crippen LogP contribution in [0.3, 0.4) is 0 Å². The van der Waals surface area contributed by atoms with Crippen LogP contribution < -0.4 is 5.56 Å². The lowest BCUT2D eigenvalue weighted by atomic mass is 9.97. The van der Waals surface area contributed by atoms with Gasteiger partial charge in [0.15, 0.2) is 5.78 Å². The van der Waals surface area contributed by atoms with Crippen molar-refractivity contribution in [3.05, 3.63) is 80.4 Å². The normalized spacial score (nSPS) is 12.1. The Balaban J connectivity index is 1.86. The summed E-state index contributed by atoms with van der Waals surface area (Å²) < 4.78 is 1.22. The van der Waals surface area contributed by atoms with Gasteiger partial charge in [-0.1, -0.05) is 38.1 Å². The summed E-state index contributed by atoms with van der Waals surface area (Å²) in [6.07, 6.45) is 2.27. The van der Waals surface area contributed by atoms with E-state index in [0.717, 1.165) is 6.42 Å². The highest BCUT2D eigenvalue weighted by molar-refractivity contribution is 5.96. The zero-order chi connectivity index (χ0) is 19.6. The van der Waals surface area contributed by atoms with E-state index in [9.17, 15) is 19.7 Å². The van der Waals surface area contributed by atoms with Crippen molar-refractivity contribution in [2.75, 3.05) is 0 Å². The first-order chi connectivity index (χ1) is 12.9. The molecule has 7 nitrogen and oxygen atoms in total. The van der Waals surface area contributed by atoms with Gasteiger partial charge >= 0.3 is 0 Å². The van der Waals surface area contributed by atoms with Gasteiger partial charge in [-0.25, -0.2) is 4.98 Å². The van der Waals surface area contributed by atoms with Crippen molar-refractivity contribution in [1.82, 2.24) is 9.55 Å². The molecule has 0 aliphatic carbocycles. The van der Waals surface area contributed by atoms with Crippen LogP contribution in [-0.4, -0.2) is 20.3 Å². The maximum Gasteiger partial charge on any atom is 0.271 e. The van der Waals surface area contributed by atoms with E-state index >= 15 is 0 Å². The Hall–Kier alpha value is -3.35. The monoisotopic (exact) mass is 365 g/mol. The zero-order valence-electron chi connectivity index (χ0n) is 15.1. The predicted octanol–water partition coefficient (Wildman–Crippen LogP) is 3.70. The lowest BCUT2D eigenvalue weighted by molar-refractivity contribution is -0.384. The molecule has 0 bridgehead atoms. The molecule has 0 aliphatic rings. The maximum absolute atomic E-state index is 12.6. The molecule has 3 aromatic rings. The Kier molecular flexibility index (Phi) is 5.12. The molecule has 1 unspecified atom stereocenters. The highest BCUT2D eigenvalue weighted by Crippen LogP contribution is 2.19. The summed E-state index contributed by atoms with van der Waals surface area (Å²) in [7, 11) is 0. The van der Waals surface area contributed by atoms with Gasteiger partial charge in [0.05, 0.1) is 28.7 Å². The maximum atomic E-state index is 12.6. The van der Waals surface area contributed by atoms with E-state index < -0.39 is 10.5 Å². The quantitative estimate of drug-likeness (QED) is 0.377. The van der Waals surface area contributed by atoms with E-state index in [1.165, 1.54) is 34.7 Å². The van der Waals surface area contributed by atoms with E-state index in [0.29, 0.717) is 11.5 Å². The molecule has 0 saturated carbocycles. The number of Topliss-reactive ketones (excluding diaryl/α,β-unsaturated/α-hetero) is 1. The van der Waals surface area contributed by atoms with Crippen molar-refractivity contribution in [3.8, 4) is 0 Å². The summed E-state index contributed by atoms with van der Waals surface area (Å²) in [5.74, 6) is 0.223. The third kappa shape index (κ3) is 3.76. The fraction of sp³-hybridized carbons (Fsp3) is 0.250. The minimum atomic E-state index is -0.542. The number of nitro groups is 1. The molecule has 0 radical (unpaired) electrons. The van der Waals surface area contributed by atoms with Crippen molar-refractivity contribution in [2.24, 2.45) is 0 Å². The van der Waals surface area contributed by atoms with Crippen LogP contribution in [0.25, 0.3) is 10.9 Å². The van der Waals surface area contributed by atoms with Gasteiger partial charge < -0.3 is 0 Å². The van der Waals surface area contributed by atoms with Crippen molar-refractivity contribution >= 4 is 22.4 Å². The highest BCUT2D eigenvalue weighted by atomic mass is 16.6. The summed E-state index contributed by atoms with van der Waals surface area (Å²) in [5.41, 5.74) is 1.39. The predicted molar refractivity (Wildman–Crippen MR) is 102 cm³/mol.